The van der Waals surface area contributed by atoms with E-state index in [2.05, 4.69) is 132 Å². The van der Waals surface area contributed by atoms with Crippen LogP contribution in [0.1, 0.15) is 83.1 Å². The number of halogens is 2. The Morgan fingerprint density at radius 1 is 0.562 bits per heavy atom. The van der Waals surface area contributed by atoms with E-state index in [1.165, 1.54) is 0 Å². The van der Waals surface area contributed by atoms with Gasteiger partial charge in [0.25, 0.3) is 0 Å². The first kappa shape index (κ1) is 40.5. The van der Waals surface area contributed by atoms with Gasteiger partial charge in [-0.25, -0.2) is 12.1 Å². The van der Waals surface area contributed by atoms with Crippen molar-refractivity contribution in [3.05, 3.63) is 48.5 Å². The summed E-state index contributed by atoms with van der Waals surface area (Å²) in [6.45, 7) is 28.3. The van der Waals surface area contributed by atoms with Crippen LogP contribution in [0.5, 0.6) is 0 Å². The molecule has 6 heteroatoms. The Bertz CT molecular complexity index is 596. The first-order chi connectivity index (χ1) is 12.5. The van der Waals surface area contributed by atoms with Gasteiger partial charge in [-0.3, -0.25) is 7.92 Å². The van der Waals surface area contributed by atoms with Crippen molar-refractivity contribution in [2.45, 2.75) is 104 Å². The van der Waals surface area contributed by atoms with E-state index in [9.17, 15) is 0 Å². The fraction of sp³-hybridized carbons (Fsp3) is 0.615. The van der Waals surface area contributed by atoms with E-state index in [0.29, 0.717) is 20.6 Å². The van der Waals surface area contributed by atoms with Crippen molar-refractivity contribution in [2.75, 3.05) is 0 Å². The van der Waals surface area contributed by atoms with Crippen molar-refractivity contribution in [1.82, 2.24) is 0 Å². The minimum absolute atomic E-state index is 0. The van der Waals surface area contributed by atoms with Crippen LogP contribution < -0.4 is 35.4 Å². The summed E-state index contributed by atoms with van der Waals surface area (Å²) in [6.07, 6.45) is 0. The summed E-state index contributed by atoms with van der Waals surface area (Å²) in [6, 6.07) is 17.7. The number of hydrogen-bond donors (Lipinski definition) is 0. The predicted octanol–water partition coefficient (Wildman–Crippen LogP) is 2.22. The van der Waals surface area contributed by atoms with Crippen LogP contribution in [0, 0.1) is 0 Å². The summed E-state index contributed by atoms with van der Waals surface area (Å²) in [5.74, 6) is 0. The van der Waals surface area contributed by atoms with Gasteiger partial charge in [0, 0.05) is 17.1 Å². The molecule has 0 atom stereocenters. The van der Waals surface area contributed by atoms with E-state index in [1.807, 2.05) is 0 Å². The smallest absolute Gasteiger partial charge is 1.00 e. The zero-order valence-corrected chi connectivity index (χ0v) is 27.9. The summed E-state index contributed by atoms with van der Waals surface area (Å²) in [7, 11) is -0.202. The number of rotatable bonds is 2. The van der Waals surface area contributed by atoms with Crippen molar-refractivity contribution in [1.29, 1.82) is 0 Å². The Balaban J connectivity index is -0.000000218. The zero-order chi connectivity index (χ0) is 22.0. The molecule has 0 bridgehead atoms. The van der Waals surface area contributed by atoms with Crippen LogP contribution in [0.2, 0.25) is 0 Å². The molecule has 2 rings (SSSR count). The molecule has 0 unspecified atom stereocenters. The topological polar surface area (TPSA) is 0 Å². The van der Waals surface area contributed by atoms with E-state index in [0.717, 1.165) is 0 Å². The largest absolute Gasteiger partial charge is 2.00 e. The molecule has 0 aromatic heterocycles. The fourth-order valence-corrected chi connectivity index (χ4v) is 12.7. The molecule has 0 aliphatic rings. The molecule has 0 fully saturated rings. The van der Waals surface area contributed by atoms with Crippen LogP contribution in [-0.4, -0.2) is 20.6 Å². The molecule has 2 aromatic carbocycles. The minimum atomic E-state index is -0.101. The Morgan fingerprint density at radius 2 is 0.844 bits per heavy atom. The van der Waals surface area contributed by atoms with Crippen molar-refractivity contribution in [2.24, 2.45) is 0 Å². The van der Waals surface area contributed by atoms with Crippen LogP contribution in [0.4, 0.5) is 0 Å². The van der Waals surface area contributed by atoms with Gasteiger partial charge in [0.1, 0.15) is 0 Å². The molecule has 0 spiro atoms. The van der Waals surface area contributed by atoms with Crippen molar-refractivity contribution < 1.29 is 62.3 Å². The molecule has 0 amide bonds. The third-order valence-corrected chi connectivity index (χ3v) is 11.5. The Labute approximate surface area is 239 Å². The van der Waals surface area contributed by atoms with Crippen LogP contribution in [0.15, 0.2) is 48.5 Å². The van der Waals surface area contributed by atoms with Crippen molar-refractivity contribution >= 4 is 26.5 Å². The van der Waals surface area contributed by atoms with Gasteiger partial charge in [-0.15, -0.1) is 13.2 Å². The van der Waals surface area contributed by atoms with E-state index >= 15 is 0 Å². The second kappa shape index (κ2) is 15.4. The minimum Gasteiger partial charge on any atom is -1.00 e. The predicted molar refractivity (Wildman–Crippen MR) is 136 cm³/mol. The summed E-state index contributed by atoms with van der Waals surface area (Å²) >= 11 is 0. The molecule has 196 valence electrons. The molecule has 0 radical (unpaired) electrons. The summed E-state index contributed by atoms with van der Waals surface area (Å²) in [5.41, 5.74) is 0. The third-order valence-electron chi connectivity index (χ3n) is 4.49. The maximum Gasteiger partial charge on any atom is 2.00 e. The van der Waals surface area contributed by atoms with Gasteiger partial charge in [0.05, 0.1) is 0 Å². The Kier molecular flexibility index (Phi) is 19.5. The maximum atomic E-state index is 2.36. The zero-order valence-electron chi connectivity index (χ0n) is 21.9. The summed E-state index contributed by atoms with van der Waals surface area (Å²) < 4.78 is 0. The van der Waals surface area contributed by atoms with E-state index in [1.54, 1.807) is 10.6 Å². The summed E-state index contributed by atoms with van der Waals surface area (Å²) in [4.78, 5) is 0. The van der Waals surface area contributed by atoms with Crippen molar-refractivity contribution in [3.63, 3.8) is 0 Å². The van der Waals surface area contributed by atoms with E-state index in [4.69, 9.17) is 0 Å². The molecule has 32 heavy (non-hydrogen) atoms. The number of hydrogen-bond acceptors (Lipinski definition) is 0. The molecule has 0 saturated heterocycles. The molecule has 0 aliphatic carbocycles. The molecular formula is C26H44Cl2FeP2Pd-6. The molecule has 0 N–H and O–H groups in total. The SMILES string of the molecule is CC(C)(C)P([c-]1[cH-][cH-][cH-][cH-]1)C(C)(C)C.CC(C)(C)P([c-]1cccc1)C(C)(C)C.[Cl-].[Cl-].[Fe].[Pd+2]. The van der Waals surface area contributed by atoms with Crippen molar-refractivity contribution in [3.8, 4) is 0 Å². The average Bonchev–Trinajstić information content (AvgIpc) is 3.06. The Hall–Kier alpha value is 1.32. The third kappa shape index (κ3) is 12.9. The van der Waals surface area contributed by atoms with E-state index in [-0.39, 0.29) is 78.1 Å². The monoisotopic (exact) mass is 650 g/mol. The summed E-state index contributed by atoms with van der Waals surface area (Å²) in [5, 5.41) is 4.65. The Morgan fingerprint density at radius 3 is 1.09 bits per heavy atom. The van der Waals surface area contributed by atoms with Gasteiger partial charge in [-0.05, 0) is 20.6 Å². The molecule has 0 nitrogen and oxygen atoms in total. The second-order valence-electron chi connectivity index (χ2n) is 11.6. The van der Waals surface area contributed by atoms with Crippen LogP contribution in [0.25, 0.3) is 0 Å². The van der Waals surface area contributed by atoms with Gasteiger partial charge in [-0.1, -0.05) is 83.1 Å². The quantitative estimate of drug-likeness (QED) is 0.266. The second-order valence-corrected chi connectivity index (χ2v) is 19.4. The molecular weight excluding hydrogens is 607 g/mol. The van der Waals surface area contributed by atoms with E-state index < -0.39 is 0 Å². The molecule has 0 heterocycles. The van der Waals surface area contributed by atoms with Gasteiger partial charge in [0.2, 0.25) is 0 Å². The van der Waals surface area contributed by atoms with Gasteiger partial charge in [-0.2, -0.15) is 12.1 Å². The van der Waals surface area contributed by atoms with Crippen LogP contribution >= 0.6 is 15.8 Å². The standard InChI is InChI=1S/2C13H22P.2ClH.Fe.Pd/c2*1-12(2,3)14(13(4,5)6)11-9-7-8-10-11;;;;/h2*7-10H,1-6H3;2*1H;;/q-5;-1;;;;+2/p-2. The first-order valence-corrected chi connectivity index (χ1v) is 13.2. The average molecular weight is 652 g/mol. The first-order valence-electron chi connectivity index (χ1n) is 10.5. The van der Waals surface area contributed by atoms with Gasteiger partial charge in [0.15, 0.2) is 0 Å². The molecule has 2 aromatic rings. The van der Waals surface area contributed by atoms with Gasteiger partial charge >= 0.3 is 20.4 Å². The normalized spacial score (nSPS) is 11.9. The van der Waals surface area contributed by atoms with Crippen LogP contribution in [0.3, 0.4) is 0 Å². The molecule has 0 aliphatic heterocycles. The van der Waals surface area contributed by atoms with Gasteiger partial charge < -0.3 is 54.4 Å². The fourth-order valence-electron chi connectivity index (χ4n) is 4.59. The molecule has 0 saturated carbocycles. The maximum absolute atomic E-state index is 2.36. The van der Waals surface area contributed by atoms with Crippen LogP contribution in [-0.2, 0) is 37.5 Å².